The highest BCUT2D eigenvalue weighted by molar-refractivity contribution is 5.68. The molecule has 4 aromatic rings. The Morgan fingerprint density at radius 2 is 1.73 bits per heavy atom. The number of carbonyl (C=O) groups is 1. The van der Waals surface area contributed by atoms with Crippen LogP contribution in [0.25, 0.3) is 5.65 Å². The number of alkyl carbamates (subject to hydrolysis) is 1. The van der Waals surface area contributed by atoms with Gasteiger partial charge in [-0.15, -0.1) is 0 Å². The quantitative estimate of drug-likeness (QED) is 0.383. The molecule has 2 aromatic carbocycles. The minimum atomic E-state index is -0.516. The van der Waals surface area contributed by atoms with Crippen molar-refractivity contribution in [1.29, 1.82) is 0 Å². The van der Waals surface area contributed by atoms with Crippen LogP contribution in [-0.4, -0.2) is 21.1 Å². The van der Waals surface area contributed by atoms with E-state index < -0.39 is 11.7 Å². The number of pyridine rings is 1. The third-order valence-corrected chi connectivity index (χ3v) is 4.80. The molecule has 33 heavy (non-hydrogen) atoms. The van der Waals surface area contributed by atoms with Crippen LogP contribution in [-0.2, 0) is 17.9 Å². The molecule has 0 atom stereocenters. The van der Waals surface area contributed by atoms with Gasteiger partial charge in [0.2, 0.25) is 0 Å². The Labute approximate surface area is 193 Å². The summed E-state index contributed by atoms with van der Waals surface area (Å²) in [6.07, 6.45) is 3.29. The molecule has 0 saturated heterocycles. The Morgan fingerprint density at radius 3 is 2.45 bits per heavy atom. The molecule has 0 saturated carbocycles. The van der Waals surface area contributed by atoms with Crippen molar-refractivity contribution in [3.63, 3.8) is 0 Å². The van der Waals surface area contributed by atoms with E-state index in [0.717, 1.165) is 34.0 Å². The average Bonchev–Trinajstić information content (AvgIpc) is 3.20. The van der Waals surface area contributed by atoms with Crippen molar-refractivity contribution in [3.05, 3.63) is 90.3 Å². The molecule has 0 aliphatic carbocycles. The fourth-order valence-electron chi connectivity index (χ4n) is 3.27. The first-order valence-corrected chi connectivity index (χ1v) is 10.8. The zero-order valence-electron chi connectivity index (χ0n) is 19.0. The molecule has 0 fully saturated rings. The van der Waals surface area contributed by atoms with Crippen LogP contribution in [0.4, 0.5) is 16.3 Å². The van der Waals surface area contributed by atoms with Crippen molar-refractivity contribution in [1.82, 2.24) is 14.7 Å². The summed E-state index contributed by atoms with van der Waals surface area (Å²) in [5.41, 5.74) is 3.22. The highest BCUT2D eigenvalue weighted by atomic mass is 16.6. The number of rotatable bonds is 7. The van der Waals surface area contributed by atoms with Gasteiger partial charge < -0.3 is 20.1 Å². The van der Waals surface area contributed by atoms with Crippen LogP contribution in [0.15, 0.2) is 79.1 Å². The molecule has 2 heterocycles. The molecule has 4 rings (SSSR count). The summed E-state index contributed by atoms with van der Waals surface area (Å²) in [5, 5.41) is 6.15. The van der Waals surface area contributed by atoms with E-state index in [1.54, 1.807) is 6.20 Å². The number of benzene rings is 2. The van der Waals surface area contributed by atoms with E-state index in [0.29, 0.717) is 13.2 Å². The molecule has 0 bridgehead atoms. The molecule has 0 spiro atoms. The zero-order valence-corrected chi connectivity index (χ0v) is 19.0. The lowest BCUT2D eigenvalue weighted by Gasteiger charge is -2.19. The maximum Gasteiger partial charge on any atom is 0.407 e. The molecule has 0 aliphatic rings. The first kappa shape index (κ1) is 22.2. The summed E-state index contributed by atoms with van der Waals surface area (Å²) in [5.74, 6) is 1.55. The van der Waals surface area contributed by atoms with Gasteiger partial charge in [0.15, 0.2) is 11.4 Å². The fraction of sp³-hybridized carbons (Fsp3) is 0.231. The molecular weight excluding hydrogens is 416 g/mol. The molecule has 7 heteroatoms. The minimum Gasteiger partial charge on any atom is -0.485 e. The van der Waals surface area contributed by atoms with E-state index in [9.17, 15) is 4.79 Å². The Hall–Kier alpha value is -4.00. The van der Waals surface area contributed by atoms with E-state index >= 15 is 0 Å². The van der Waals surface area contributed by atoms with E-state index in [1.165, 1.54) is 0 Å². The van der Waals surface area contributed by atoms with E-state index in [4.69, 9.17) is 9.47 Å². The van der Waals surface area contributed by atoms with E-state index in [1.807, 2.05) is 98.1 Å². The second kappa shape index (κ2) is 9.65. The second-order valence-electron chi connectivity index (χ2n) is 8.66. The van der Waals surface area contributed by atoms with Crippen LogP contribution in [0.3, 0.4) is 0 Å². The number of anilines is 2. The predicted octanol–water partition coefficient (Wildman–Crippen LogP) is 5.68. The van der Waals surface area contributed by atoms with Crippen LogP contribution in [0.5, 0.6) is 5.75 Å². The number of hydrogen-bond donors (Lipinski definition) is 2. The molecule has 0 radical (unpaired) electrons. The van der Waals surface area contributed by atoms with Gasteiger partial charge in [0.05, 0.1) is 6.20 Å². The minimum absolute atomic E-state index is 0.396. The van der Waals surface area contributed by atoms with Gasteiger partial charge in [-0.3, -0.25) is 4.40 Å². The summed E-state index contributed by atoms with van der Waals surface area (Å²) >= 11 is 0. The normalized spacial score (nSPS) is 11.2. The van der Waals surface area contributed by atoms with Crippen molar-refractivity contribution in [2.45, 2.75) is 39.5 Å². The van der Waals surface area contributed by atoms with Crippen molar-refractivity contribution >= 4 is 23.2 Å². The van der Waals surface area contributed by atoms with Crippen molar-refractivity contribution in [2.24, 2.45) is 0 Å². The van der Waals surface area contributed by atoms with Crippen LogP contribution in [0.1, 0.15) is 31.9 Å². The predicted molar refractivity (Wildman–Crippen MR) is 129 cm³/mol. The van der Waals surface area contributed by atoms with E-state index in [2.05, 4.69) is 15.6 Å². The number of fused-ring (bicyclic) bond motifs is 1. The van der Waals surface area contributed by atoms with Crippen molar-refractivity contribution < 1.29 is 14.3 Å². The standard InChI is InChI=1S/C26H28N4O3/c1-26(2,3)33-25(31)28-16-19-11-13-21(14-12-19)29-23-17-27-24-22(10-7-15-30(23)24)32-18-20-8-5-4-6-9-20/h4-15,17,29H,16,18H2,1-3H3,(H,28,31). The summed E-state index contributed by atoms with van der Waals surface area (Å²) in [6.45, 7) is 6.39. The Morgan fingerprint density at radius 1 is 0.970 bits per heavy atom. The number of aromatic nitrogens is 2. The summed E-state index contributed by atoms with van der Waals surface area (Å²) in [7, 11) is 0. The number of carbonyl (C=O) groups excluding carboxylic acids is 1. The summed E-state index contributed by atoms with van der Waals surface area (Å²) in [4.78, 5) is 16.4. The van der Waals surface area contributed by atoms with Gasteiger partial charge in [0.1, 0.15) is 18.0 Å². The number of nitrogens with one attached hydrogen (secondary N) is 2. The largest absolute Gasteiger partial charge is 0.485 e. The molecule has 2 N–H and O–H groups in total. The molecule has 2 aromatic heterocycles. The van der Waals surface area contributed by atoms with Gasteiger partial charge in [-0.05, 0) is 56.2 Å². The number of nitrogens with zero attached hydrogens (tertiary/aromatic N) is 2. The summed E-state index contributed by atoms with van der Waals surface area (Å²) in [6, 6.07) is 21.7. The Kier molecular flexibility index (Phi) is 6.49. The number of amides is 1. The maximum absolute atomic E-state index is 11.8. The first-order chi connectivity index (χ1) is 15.9. The van der Waals surface area contributed by atoms with Gasteiger partial charge >= 0.3 is 6.09 Å². The van der Waals surface area contributed by atoms with Crippen molar-refractivity contribution in [2.75, 3.05) is 5.32 Å². The van der Waals surface area contributed by atoms with Crippen LogP contribution in [0.2, 0.25) is 0 Å². The topological polar surface area (TPSA) is 76.9 Å². The Bertz CT molecular complexity index is 1210. The lowest BCUT2D eigenvalue weighted by molar-refractivity contribution is 0.0523. The maximum atomic E-state index is 11.8. The number of ether oxygens (including phenoxy) is 2. The molecule has 0 aliphatic heterocycles. The second-order valence-corrected chi connectivity index (χ2v) is 8.66. The molecule has 7 nitrogen and oxygen atoms in total. The Balaban J connectivity index is 1.39. The molecule has 170 valence electrons. The lowest BCUT2D eigenvalue weighted by atomic mass is 10.2. The van der Waals surface area contributed by atoms with Gasteiger partial charge in [0.25, 0.3) is 0 Å². The molecule has 1 amide bonds. The van der Waals surface area contributed by atoms with Crippen LogP contribution in [0, 0.1) is 0 Å². The number of hydrogen-bond acceptors (Lipinski definition) is 5. The van der Waals surface area contributed by atoms with Gasteiger partial charge in [0, 0.05) is 18.4 Å². The van der Waals surface area contributed by atoms with Crippen LogP contribution >= 0.6 is 0 Å². The van der Waals surface area contributed by atoms with Gasteiger partial charge in [-0.2, -0.15) is 0 Å². The molecule has 0 unspecified atom stereocenters. The van der Waals surface area contributed by atoms with Gasteiger partial charge in [-0.1, -0.05) is 42.5 Å². The van der Waals surface area contributed by atoms with Crippen molar-refractivity contribution in [3.8, 4) is 5.75 Å². The highest BCUT2D eigenvalue weighted by Crippen LogP contribution is 2.25. The lowest BCUT2D eigenvalue weighted by Crippen LogP contribution is -2.32. The third kappa shape index (κ3) is 6.04. The van der Waals surface area contributed by atoms with E-state index in [-0.39, 0.29) is 0 Å². The highest BCUT2D eigenvalue weighted by Gasteiger charge is 2.15. The average molecular weight is 445 g/mol. The number of imidazole rings is 1. The fourth-order valence-corrected chi connectivity index (χ4v) is 3.27. The summed E-state index contributed by atoms with van der Waals surface area (Å²) < 4.78 is 13.2. The monoisotopic (exact) mass is 444 g/mol. The first-order valence-electron chi connectivity index (χ1n) is 10.8. The third-order valence-electron chi connectivity index (χ3n) is 4.80. The molecular formula is C26H28N4O3. The smallest absolute Gasteiger partial charge is 0.407 e. The zero-order chi connectivity index (χ0) is 23.3. The SMILES string of the molecule is CC(C)(C)OC(=O)NCc1ccc(Nc2cnc3c(OCc4ccccc4)cccn23)cc1. The van der Waals surface area contributed by atoms with Gasteiger partial charge in [-0.25, -0.2) is 9.78 Å². The van der Waals surface area contributed by atoms with Crippen LogP contribution < -0.4 is 15.4 Å².